The van der Waals surface area contributed by atoms with Crippen molar-refractivity contribution in [2.45, 2.75) is 0 Å². The van der Waals surface area contributed by atoms with Gasteiger partial charge < -0.3 is 9.80 Å². The Morgan fingerprint density at radius 1 is 0.277 bits per heavy atom. The molecular weight excluding hydrogens is 784 g/mol. The van der Waals surface area contributed by atoms with Crippen LogP contribution in [-0.4, -0.2) is 6.71 Å². The van der Waals surface area contributed by atoms with Crippen LogP contribution in [0.4, 0.5) is 34.1 Å². The highest BCUT2D eigenvalue weighted by atomic mass is 15.2. The van der Waals surface area contributed by atoms with E-state index in [2.05, 4.69) is 234 Å². The number of nitrogens with zero attached hydrogens (tertiary/aromatic N) is 2. The summed E-state index contributed by atoms with van der Waals surface area (Å²) in [7, 11) is 0. The SMILES string of the molecule is c1ccc(N2c3cc4c(ccc5ccccc54)cc3B3c4cc5ccc6ccccc6c5cc4N(c4ccccc4)c4cc(-c5ccc6ccc7cccc8ccc5c6c78)cc2c43)cc1. The van der Waals surface area contributed by atoms with Crippen LogP contribution >= 0.6 is 0 Å². The lowest BCUT2D eigenvalue weighted by molar-refractivity contribution is 1.26. The average molecular weight is 821 g/mol. The first-order chi connectivity index (χ1) is 32.2. The van der Waals surface area contributed by atoms with Gasteiger partial charge in [0.2, 0.25) is 0 Å². The Hall–Kier alpha value is -8.40. The quantitative estimate of drug-likeness (QED) is 0.129. The van der Waals surface area contributed by atoms with Crippen molar-refractivity contribution in [2.24, 2.45) is 0 Å². The van der Waals surface area contributed by atoms with Crippen LogP contribution in [0.5, 0.6) is 0 Å². The molecule has 0 radical (unpaired) electrons. The zero-order valence-corrected chi connectivity index (χ0v) is 35.3. The number of benzene rings is 13. The van der Waals surface area contributed by atoms with E-state index in [-0.39, 0.29) is 6.71 Å². The third-order valence-electron chi connectivity index (χ3n) is 14.7. The maximum atomic E-state index is 2.56. The lowest BCUT2D eigenvalue weighted by Gasteiger charge is -2.44. The van der Waals surface area contributed by atoms with Crippen LogP contribution in [0.25, 0.3) is 86.5 Å². The van der Waals surface area contributed by atoms with E-state index in [1.54, 1.807) is 0 Å². The van der Waals surface area contributed by atoms with Gasteiger partial charge in [0.1, 0.15) is 0 Å². The van der Waals surface area contributed by atoms with Crippen LogP contribution in [0.1, 0.15) is 0 Å². The second-order valence-electron chi connectivity index (χ2n) is 18.0. The summed E-state index contributed by atoms with van der Waals surface area (Å²) in [6, 6.07) is 84.6. The van der Waals surface area contributed by atoms with Crippen molar-refractivity contribution in [2.75, 3.05) is 9.80 Å². The summed E-state index contributed by atoms with van der Waals surface area (Å²) >= 11 is 0. The molecule has 0 N–H and O–H groups in total. The summed E-state index contributed by atoms with van der Waals surface area (Å²) < 4.78 is 0. The standard InChI is InChI=1S/C62H37BN2/c1-3-16-46(17-4-1)64-56-36-52-43(26-22-38-12-7-9-20-48(38)52)32-54(56)63-55-33-44-27-23-39-13-8-10-21-49(39)53(44)37-57(55)65(47-18-5-2-6-19-47)59-35-45(34-58(64)62(59)63)50-30-28-42-25-24-40-14-11-15-41-29-31-51(50)61(42)60(40)41/h1-37H. The minimum Gasteiger partial charge on any atom is -0.311 e. The molecule has 0 saturated heterocycles. The third kappa shape index (κ3) is 4.90. The van der Waals surface area contributed by atoms with E-state index in [9.17, 15) is 0 Å². The number of rotatable bonds is 3. The van der Waals surface area contributed by atoms with Gasteiger partial charge in [-0.05, 0) is 151 Å². The number of hydrogen-bond donors (Lipinski definition) is 0. The highest BCUT2D eigenvalue weighted by Crippen LogP contribution is 2.49. The summed E-state index contributed by atoms with van der Waals surface area (Å²) in [5.74, 6) is 0. The van der Waals surface area contributed by atoms with E-state index >= 15 is 0 Å². The molecule has 65 heavy (non-hydrogen) atoms. The molecule has 2 nitrogen and oxygen atoms in total. The van der Waals surface area contributed by atoms with Crippen molar-refractivity contribution in [1.29, 1.82) is 0 Å². The molecule has 298 valence electrons. The monoisotopic (exact) mass is 820 g/mol. The van der Waals surface area contributed by atoms with Gasteiger partial charge in [0.15, 0.2) is 0 Å². The van der Waals surface area contributed by atoms with Crippen molar-refractivity contribution in [3.63, 3.8) is 0 Å². The highest BCUT2D eigenvalue weighted by Gasteiger charge is 2.44. The minimum absolute atomic E-state index is 0.0351. The smallest absolute Gasteiger partial charge is 0.252 e. The fourth-order valence-corrected chi connectivity index (χ4v) is 11.9. The highest BCUT2D eigenvalue weighted by molar-refractivity contribution is 7.00. The van der Waals surface area contributed by atoms with E-state index in [0.29, 0.717) is 0 Å². The largest absolute Gasteiger partial charge is 0.311 e. The molecular formula is C62H37BN2. The summed E-state index contributed by atoms with van der Waals surface area (Å²) in [4.78, 5) is 5.13. The van der Waals surface area contributed by atoms with Gasteiger partial charge in [-0.2, -0.15) is 0 Å². The van der Waals surface area contributed by atoms with Crippen LogP contribution in [0.15, 0.2) is 224 Å². The number of para-hydroxylation sites is 2. The van der Waals surface area contributed by atoms with E-state index in [0.717, 1.165) is 11.4 Å². The lowest BCUT2D eigenvalue weighted by Crippen LogP contribution is -2.61. The molecule has 0 amide bonds. The number of hydrogen-bond acceptors (Lipinski definition) is 2. The summed E-state index contributed by atoms with van der Waals surface area (Å²) in [5, 5.41) is 17.8. The molecule has 0 spiro atoms. The molecule has 2 aliphatic heterocycles. The van der Waals surface area contributed by atoms with E-state index in [4.69, 9.17) is 0 Å². The van der Waals surface area contributed by atoms with Gasteiger partial charge in [-0.3, -0.25) is 0 Å². The fraction of sp³-hybridized carbons (Fsp3) is 0. The molecule has 13 aromatic rings. The van der Waals surface area contributed by atoms with Gasteiger partial charge in [-0.1, -0.05) is 176 Å². The molecule has 0 aromatic heterocycles. The first-order valence-electron chi connectivity index (χ1n) is 22.7. The van der Waals surface area contributed by atoms with E-state index < -0.39 is 0 Å². The number of anilines is 6. The second kappa shape index (κ2) is 13.1. The van der Waals surface area contributed by atoms with E-state index in [1.165, 1.54) is 126 Å². The molecule has 0 saturated carbocycles. The van der Waals surface area contributed by atoms with Crippen LogP contribution in [-0.2, 0) is 0 Å². The van der Waals surface area contributed by atoms with Gasteiger partial charge in [0.25, 0.3) is 6.71 Å². The first kappa shape index (κ1) is 35.1. The molecule has 0 unspecified atom stereocenters. The van der Waals surface area contributed by atoms with Crippen LogP contribution in [0, 0.1) is 0 Å². The molecule has 13 aromatic carbocycles. The van der Waals surface area contributed by atoms with E-state index in [1.807, 2.05) is 0 Å². The van der Waals surface area contributed by atoms with Gasteiger partial charge in [-0.25, -0.2) is 0 Å². The van der Waals surface area contributed by atoms with Crippen molar-refractivity contribution in [3.8, 4) is 11.1 Å². The maximum Gasteiger partial charge on any atom is 0.252 e. The Bertz CT molecular complexity index is 3930. The molecule has 3 heteroatoms. The molecule has 2 aliphatic rings. The summed E-state index contributed by atoms with van der Waals surface area (Å²) in [6.45, 7) is -0.0351. The maximum absolute atomic E-state index is 2.56. The Morgan fingerprint density at radius 3 is 1.29 bits per heavy atom. The molecule has 0 bridgehead atoms. The van der Waals surface area contributed by atoms with Gasteiger partial charge in [0.05, 0.1) is 0 Å². The molecule has 2 heterocycles. The Morgan fingerprint density at radius 2 is 0.723 bits per heavy atom. The van der Waals surface area contributed by atoms with Crippen molar-refractivity contribution >= 4 is 133 Å². The van der Waals surface area contributed by atoms with Gasteiger partial charge in [0, 0.05) is 34.1 Å². The van der Waals surface area contributed by atoms with Gasteiger partial charge in [-0.15, -0.1) is 0 Å². The lowest BCUT2D eigenvalue weighted by atomic mass is 9.33. The Labute approximate surface area is 376 Å². The van der Waals surface area contributed by atoms with Crippen molar-refractivity contribution in [1.82, 2.24) is 0 Å². The Kier molecular flexibility index (Phi) is 7.06. The van der Waals surface area contributed by atoms with Gasteiger partial charge >= 0.3 is 0 Å². The molecule has 0 atom stereocenters. The number of fused-ring (bicyclic) bond motifs is 10. The topological polar surface area (TPSA) is 6.48 Å². The fourth-order valence-electron chi connectivity index (χ4n) is 11.9. The van der Waals surface area contributed by atoms with Crippen LogP contribution in [0.3, 0.4) is 0 Å². The Balaban J connectivity index is 1.11. The van der Waals surface area contributed by atoms with Crippen LogP contribution in [0.2, 0.25) is 0 Å². The van der Waals surface area contributed by atoms with Crippen LogP contribution < -0.4 is 26.2 Å². The first-order valence-corrected chi connectivity index (χ1v) is 22.7. The summed E-state index contributed by atoms with van der Waals surface area (Å²) in [5.41, 5.74) is 13.5. The molecule has 0 aliphatic carbocycles. The molecule has 15 rings (SSSR count). The normalized spacial score (nSPS) is 13.1. The summed E-state index contributed by atoms with van der Waals surface area (Å²) in [6.07, 6.45) is 0. The van der Waals surface area contributed by atoms with Crippen molar-refractivity contribution < 1.29 is 0 Å². The molecule has 0 fully saturated rings. The zero-order chi connectivity index (χ0) is 42.3. The average Bonchev–Trinajstić information content (AvgIpc) is 3.37. The van der Waals surface area contributed by atoms with Crippen molar-refractivity contribution in [3.05, 3.63) is 224 Å². The predicted molar refractivity (Wildman–Crippen MR) is 280 cm³/mol. The third-order valence-corrected chi connectivity index (χ3v) is 14.7. The minimum atomic E-state index is -0.0351. The second-order valence-corrected chi connectivity index (χ2v) is 18.0. The predicted octanol–water partition coefficient (Wildman–Crippen LogP) is 14.9. The zero-order valence-electron chi connectivity index (χ0n) is 35.3.